The van der Waals surface area contributed by atoms with Crippen molar-refractivity contribution in [3.05, 3.63) is 23.8 Å². The summed E-state index contributed by atoms with van der Waals surface area (Å²) in [6.07, 6.45) is 0. The highest BCUT2D eigenvalue weighted by atomic mass is 16.6. The monoisotopic (exact) mass is 349 g/mol. The molecule has 1 aliphatic heterocycles. The number of carbonyl (C=O) groups is 3. The van der Waals surface area contributed by atoms with E-state index in [-0.39, 0.29) is 12.1 Å². The fraction of sp³-hybridized carbons (Fsp3) is 0.500. The SMILES string of the molecule is COC(=O)c1ccc2c(c1)N(CC(=O)OC(C)(C)C)C(=O)C(C)(C)O2. The van der Waals surface area contributed by atoms with Crippen LogP contribution >= 0.6 is 0 Å². The Labute approximate surface area is 146 Å². The molecule has 1 heterocycles. The van der Waals surface area contributed by atoms with Crippen LogP contribution in [0.15, 0.2) is 18.2 Å². The molecule has 7 nitrogen and oxygen atoms in total. The summed E-state index contributed by atoms with van der Waals surface area (Å²) in [6, 6.07) is 4.60. The summed E-state index contributed by atoms with van der Waals surface area (Å²) in [7, 11) is 1.27. The number of nitrogens with zero attached hydrogens (tertiary/aromatic N) is 1. The van der Waals surface area contributed by atoms with E-state index in [1.165, 1.54) is 18.1 Å². The number of anilines is 1. The lowest BCUT2D eigenvalue weighted by molar-refractivity contribution is -0.154. The molecule has 0 bridgehead atoms. The molecule has 0 N–H and O–H groups in total. The van der Waals surface area contributed by atoms with Gasteiger partial charge in [0.2, 0.25) is 0 Å². The van der Waals surface area contributed by atoms with Crippen molar-refractivity contribution in [2.75, 3.05) is 18.6 Å². The summed E-state index contributed by atoms with van der Waals surface area (Å²) < 4.78 is 15.7. The van der Waals surface area contributed by atoms with Crippen LogP contribution in [0.4, 0.5) is 5.69 Å². The quantitative estimate of drug-likeness (QED) is 0.779. The highest BCUT2D eigenvalue weighted by Gasteiger charge is 2.42. The average Bonchev–Trinajstić information content (AvgIpc) is 2.48. The van der Waals surface area contributed by atoms with Gasteiger partial charge in [-0.15, -0.1) is 0 Å². The molecule has 0 saturated carbocycles. The Morgan fingerprint density at radius 2 is 1.88 bits per heavy atom. The van der Waals surface area contributed by atoms with E-state index in [1.807, 2.05) is 0 Å². The number of ether oxygens (including phenoxy) is 3. The van der Waals surface area contributed by atoms with Crippen LogP contribution in [0.1, 0.15) is 45.0 Å². The molecule has 0 unspecified atom stereocenters. The lowest BCUT2D eigenvalue weighted by atomic mass is 10.0. The van der Waals surface area contributed by atoms with Crippen LogP contribution in [0.3, 0.4) is 0 Å². The Kier molecular flexibility index (Phi) is 4.79. The van der Waals surface area contributed by atoms with Gasteiger partial charge in [-0.2, -0.15) is 0 Å². The molecule has 1 aromatic carbocycles. The van der Waals surface area contributed by atoms with Gasteiger partial charge in [-0.3, -0.25) is 14.5 Å². The Balaban J connectivity index is 2.42. The van der Waals surface area contributed by atoms with Crippen molar-refractivity contribution in [2.24, 2.45) is 0 Å². The van der Waals surface area contributed by atoms with Crippen molar-refractivity contribution >= 4 is 23.5 Å². The maximum atomic E-state index is 12.7. The number of amides is 1. The molecule has 1 amide bonds. The highest BCUT2D eigenvalue weighted by molar-refractivity contribution is 6.06. The third-order valence-electron chi connectivity index (χ3n) is 3.50. The average molecular weight is 349 g/mol. The van der Waals surface area contributed by atoms with Gasteiger partial charge < -0.3 is 14.2 Å². The van der Waals surface area contributed by atoms with Gasteiger partial charge in [-0.1, -0.05) is 0 Å². The molecule has 0 aliphatic carbocycles. The summed E-state index contributed by atoms with van der Waals surface area (Å²) in [6.45, 7) is 8.21. The summed E-state index contributed by atoms with van der Waals surface area (Å²) in [4.78, 5) is 38.0. The van der Waals surface area contributed by atoms with E-state index in [9.17, 15) is 14.4 Å². The predicted molar refractivity (Wildman–Crippen MR) is 90.7 cm³/mol. The predicted octanol–water partition coefficient (Wildman–Crippen LogP) is 2.32. The Hall–Kier alpha value is -2.57. The molecular weight excluding hydrogens is 326 g/mol. The number of esters is 2. The second-order valence-electron chi connectivity index (χ2n) is 7.26. The number of carbonyl (C=O) groups excluding carboxylic acids is 3. The fourth-order valence-electron chi connectivity index (χ4n) is 2.47. The number of benzene rings is 1. The first-order chi connectivity index (χ1) is 11.4. The highest BCUT2D eigenvalue weighted by Crippen LogP contribution is 2.38. The largest absolute Gasteiger partial charge is 0.476 e. The van der Waals surface area contributed by atoms with Gasteiger partial charge in [0.15, 0.2) is 5.60 Å². The van der Waals surface area contributed by atoms with E-state index in [0.29, 0.717) is 11.4 Å². The van der Waals surface area contributed by atoms with Crippen molar-refractivity contribution < 1.29 is 28.6 Å². The van der Waals surface area contributed by atoms with Crippen molar-refractivity contribution in [3.8, 4) is 5.75 Å². The molecule has 0 fully saturated rings. The lowest BCUT2D eigenvalue weighted by Gasteiger charge is -2.38. The molecule has 0 aromatic heterocycles. The van der Waals surface area contributed by atoms with E-state index >= 15 is 0 Å². The number of hydrogen-bond acceptors (Lipinski definition) is 6. The minimum absolute atomic E-state index is 0.256. The number of fused-ring (bicyclic) bond motifs is 1. The van der Waals surface area contributed by atoms with Gasteiger partial charge >= 0.3 is 11.9 Å². The molecular formula is C18H23NO6. The third-order valence-corrected chi connectivity index (χ3v) is 3.50. The minimum Gasteiger partial charge on any atom is -0.476 e. The zero-order valence-corrected chi connectivity index (χ0v) is 15.3. The van der Waals surface area contributed by atoms with Gasteiger partial charge in [0.05, 0.1) is 18.4 Å². The van der Waals surface area contributed by atoms with Gasteiger partial charge in [-0.05, 0) is 52.8 Å². The molecule has 0 spiro atoms. The van der Waals surface area contributed by atoms with Gasteiger partial charge in [0.1, 0.15) is 17.9 Å². The molecule has 0 saturated heterocycles. The number of methoxy groups -OCH3 is 1. The second kappa shape index (κ2) is 6.38. The molecule has 0 radical (unpaired) electrons. The van der Waals surface area contributed by atoms with Crippen LogP contribution in [0.2, 0.25) is 0 Å². The van der Waals surface area contributed by atoms with E-state index in [4.69, 9.17) is 14.2 Å². The van der Waals surface area contributed by atoms with Gasteiger partial charge in [0.25, 0.3) is 5.91 Å². The van der Waals surface area contributed by atoms with Crippen LogP contribution in [0.5, 0.6) is 5.75 Å². The summed E-state index contributed by atoms with van der Waals surface area (Å²) in [5, 5.41) is 0. The molecule has 0 atom stereocenters. The lowest BCUT2D eigenvalue weighted by Crippen LogP contribution is -2.54. The third kappa shape index (κ3) is 4.10. The van der Waals surface area contributed by atoms with E-state index in [2.05, 4.69) is 0 Å². The summed E-state index contributed by atoms with van der Waals surface area (Å²) in [5.41, 5.74) is -1.22. The van der Waals surface area contributed by atoms with Gasteiger partial charge in [0, 0.05) is 0 Å². The van der Waals surface area contributed by atoms with E-state index in [0.717, 1.165) is 0 Å². The van der Waals surface area contributed by atoms with Crippen LogP contribution < -0.4 is 9.64 Å². The van der Waals surface area contributed by atoms with Crippen molar-refractivity contribution in [3.63, 3.8) is 0 Å². The molecule has 25 heavy (non-hydrogen) atoms. The minimum atomic E-state index is -1.14. The van der Waals surface area contributed by atoms with Crippen molar-refractivity contribution in [1.29, 1.82) is 0 Å². The standard InChI is InChI=1S/C18H23NO6/c1-17(2,3)25-14(20)10-19-12-9-11(15(21)23-6)7-8-13(12)24-18(4,5)16(19)22/h7-9H,10H2,1-6H3. The first-order valence-corrected chi connectivity index (χ1v) is 7.90. The second-order valence-corrected chi connectivity index (χ2v) is 7.26. The first-order valence-electron chi connectivity index (χ1n) is 7.90. The van der Waals surface area contributed by atoms with Crippen molar-refractivity contribution in [1.82, 2.24) is 0 Å². The molecule has 2 rings (SSSR count). The summed E-state index contributed by atoms with van der Waals surface area (Å²) >= 11 is 0. The van der Waals surface area contributed by atoms with Crippen LogP contribution in [0.25, 0.3) is 0 Å². The summed E-state index contributed by atoms with van der Waals surface area (Å²) in [5.74, 6) is -1.08. The van der Waals surface area contributed by atoms with E-state index in [1.54, 1.807) is 46.8 Å². The first kappa shape index (κ1) is 18.8. The maximum Gasteiger partial charge on any atom is 0.337 e. The smallest absolute Gasteiger partial charge is 0.337 e. The zero-order chi connectivity index (χ0) is 19.0. The number of rotatable bonds is 3. The molecule has 1 aliphatic rings. The van der Waals surface area contributed by atoms with Crippen LogP contribution in [-0.4, -0.2) is 42.7 Å². The van der Waals surface area contributed by atoms with Gasteiger partial charge in [-0.25, -0.2) is 4.79 Å². The molecule has 1 aromatic rings. The Bertz CT molecular complexity index is 717. The number of hydrogen-bond donors (Lipinski definition) is 0. The molecule has 136 valence electrons. The zero-order valence-electron chi connectivity index (χ0n) is 15.3. The van der Waals surface area contributed by atoms with Crippen LogP contribution in [-0.2, 0) is 19.1 Å². The topological polar surface area (TPSA) is 82.1 Å². The van der Waals surface area contributed by atoms with E-state index < -0.39 is 29.0 Å². The fourth-order valence-corrected chi connectivity index (χ4v) is 2.47. The normalized spacial score (nSPS) is 15.9. The van der Waals surface area contributed by atoms with Crippen molar-refractivity contribution in [2.45, 2.75) is 45.8 Å². The van der Waals surface area contributed by atoms with Crippen LogP contribution in [0, 0.1) is 0 Å². The molecule has 7 heteroatoms. The maximum absolute atomic E-state index is 12.7. The Morgan fingerprint density at radius 1 is 1.24 bits per heavy atom. The Morgan fingerprint density at radius 3 is 2.44 bits per heavy atom.